The van der Waals surface area contributed by atoms with Gasteiger partial charge in [0, 0.05) is 47.5 Å². The third kappa shape index (κ3) is 5.79. The zero-order valence-corrected chi connectivity index (χ0v) is 30.8. The summed E-state index contributed by atoms with van der Waals surface area (Å²) in [5, 5.41) is 14.7. The van der Waals surface area contributed by atoms with Crippen LogP contribution in [0.15, 0.2) is 138 Å². The van der Waals surface area contributed by atoms with Gasteiger partial charge in [-0.1, -0.05) is 121 Å². The number of benzene rings is 4. The number of rotatable bonds is 6. The minimum atomic E-state index is -0.0797. The van der Waals surface area contributed by atoms with E-state index in [1.807, 2.05) is 12.1 Å². The fourth-order valence-corrected chi connectivity index (χ4v) is 11.0. The minimum Gasteiger partial charge on any atom is -0.506 e. The van der Waals surface area contributed by atoms with Crippen molar-refractivity contribution in [2.75, 3.05) is 31.1 Å². The van der Waals surface area contributed by atoms with E-state index in [0.717, 1.165) is 106 Å². The second kappa shape index (κ2) is 14.3. The van der Waals surface area contributed by atoms with Gasteiger partial charge in [-0.25, -0.2) is 4.58 Å². The van der Waals surface area contributed by atoms with Crippen molar-refractivity contribution in [3.05, 3.63) is 154 Å². The lowest BCUT2D eigenvalue weighted by Gasteiger charge is -2.29. The van der Waals surface area contributed by atoms with E-state index in [1.165, 1.54) is 22.9 Å². The summed E-state index contributed by atoms with van der Waals surface area (Å²) in [6.07, 6.45) is 7.07. The molecule has 1 aromatic heterocycles. The molecule has 6 heteroatoms. The molecular formula is C46H41N2O2S2+. The van der Waals surface area contributed by atoms with Crippen LogP contribution in [-0.4, -0.2) is 46.7 Å². The third-order valence-electron chi connectivity index (χ3n) is 10.7. The summed E-state index contributed by atoms with van der Waals surface area (Å²) in [6.45, 7) is 3.95. The van der Waals surface area contributed by atoms with E-state index in [4.69, 9.17) is 0 Å². The first-order valence-corrected chi connectivity index (χ1v) is 20.2. The summed E-state index contributed by atoms with van der Waals surface area (Å²) in [4.78, 5) is 19.2. The molecule has 0 spiro atoms. The van der Waals surface area contributed by atoms with Crippen LogP contribution in [0, 0.1) is 0 Å². The van der Waals surface area contributed by atoms with Crippen LogP contribution in [0.3, 0.4) is 0 Å². The van der Waals surface area contributed by atoms with Crippen molar-refractivity contribution in [1.29, 1.82) is 0 Å². The Morgan fingerprint density at radius 3 is 1.60 bits per heavy atom. The highest BCUT2D eigenvalue weighted by molar-refractivity contribution is 8.19. The SMILES string of the molecule is O=C1C(c2sc(N3CCCCC3)c(-c3ccccc3)c2-c2ccccc2)=C(O)/C1=C1\SC(=[N+]2CCCCC2)C(c2ccccc2)=C1c1ccccc1. The summed E-state index contributed by atoms with van der Waals surface area (Å²) in [5.74, 6) is 0.0282. The van der Waals surface area contributed by atoms with Crippen molar-refractivity contribution in [3.63, 3.8) is 0 Å². The Morgan fingerprint density at radius 2 is 1.04 bits per heavy atom. The van der Waals surface area contributed by atoms with Crippen molar-refractivity contribution in [2.45, 2.75) is 38.5 Å². The summed E-state index contributed by atoms with van der Waals surface area (Å²) >= 11 is 3.34. The van der Waals surface area contributed by atoms with Crippen molar-refractivity contribution in [3.8, 4) is 22.3 Å². The minimum absolute atomic E-state index is 0.0797. The van der Waals surface area contributed by atoms with Crippen LogP contribution in [0.2, 0.25) is 0 Å². The van der Waals surface area contributed by atoms with Crippen LogP contribution in [-0.2, 0) is 4.79 Å². The van der Waals surface area contributed by atoms with Crippen molar-refractivity contribution < 1.29 is 14.5 Å². The lowest BCUT2D eigenvalue weighted by atomic mass is 9.81. The zero-order valence-electron chi connectivity index (χ0n) is 29.2. The molecule has 3 aliphatic heterocycles. The summed E-state index contributed by atoms with van der Waals surface area (Å²) in [5.41, 5.74) is 9.59. The normalized spacial score (nSPS) is 19.5. The van der Waals surface area contributed by atoms with Crippen molar-refractivity contribution in [1.82, 2.24) is 0 Å². The number of piperidine rings is 2. The first-order valence-electron chi connectivity index (χ1n) is 18.6. The Labute approximate surface area is 314 Å². The zero-order chi connectivity index (χ0) is 35.0. The number of aliphatic hydroxyl groups is 1. The number of nitrogens with zero attached hydrogens (tertiary/aromatic N) is 2. The van der Waals surface area contributed by atoms with Crippen molar-refractivity contribution >= 4 is 55.6 Å². The molecule has 0 unspecified atom stereocenters. The molecule has 52 heavy (non-hydrogen) atoms. The molecule has 1 N–H and O–H groups in total. The highest BCUT2D eigenvalue weighted by atomic mass is 32.2. The number of thioether (sulfide) groups is 1. The monoisotopic (exact) mass is 717 g/mol. The molecule has 1 aliphatic carbocycles. The fourth-order valence-electron chi connectivity index (χ4n) is 8.16. The molecule has 4 heterocycles. The Hall–Kier alpha value is -4.91. The van der Waals surface area contributed by atoms with Gasteiger partial charge in [0.2, 0.25) is 10.8 Å². The predicted octanol–water partition coefficient (Wildman–Crippen LogP) is 11.1. The van der Waals surface area contributed by atoms with E-state index in [1.54, 1.807) is 23.1 Å². The van der Waals surface area contributed by atoms with Gasteiger partial charge in [-0.05, 0) is 59.7 Å². The topological polar surface area (TPSA) is 43.6 Å². The summed E-state index contributed by atoms with van der Waals surface area (Å²) < 4.78 is 2.50. The van der Waals surface area contributed by atoms with Gasteiger partial charge in [0.15, 0.2) is 0 Å². The van der Waals surface area contributed by atoms with E-state index in [9.17, 15) is 9.90 Å². The fraction of sp³-hybridized carbons (Fsp3) is 0.217. The van der Waals surface area contributed by atoms with Crippen molar-refractivity contribution in [2.24, 2.45) is 0 Å². The van der Waals surface area contributed by atoms with E-state index in [2.05, 4.69) is 119 Å². The number of carbonyl (C=O) groups is 1. The van der Waals surface area contributed by atoms with Gasteiger partial charge in [-0.2, -0.15) is 0 Å². The number of carbonyl (C=O) groups excluding carboxylic acids is 1. The average molecular weight is 718 g/mol. The van der Waals surface area contributed by atoms with Gasteiger partial charge in [0.05, 0.1) is 21.6 Å². The summed E-state index contributed by atoms with van der Waals surface area (Å²) in [6, 6.07) is 42.0. The van der Waals surface area contributed by atoms with Gasteiger partial charge in [-0.15, -0.1) is 11.3 Å². The lowest BCUT2D eigenvalue weighted by Crippen LogP contribution is -2.29. The Balaban J connectivity index is 1.29. The maximum absolute atomic E-state index is 14.9. The predicted molar refractivity (Wildman–Crippen MR) is 219 cm³/mol. The van der Waals surface area contributed by atoms with Crippen LogP contribution in [0.1, 0.15) is 54.5 Å². The first-order chi connectivity index (χ1) is 25.7. The van der Waals surface area contributed by atoms with Crippen LogP contribution < -0.4 is 4.90 Å². The molecule has 4 aromatic carbocycles. The Morgan fingerprint density at radius 1 is 0.538 bits per heavy atom. The molecule has 0 bridgehead atoms. The van der Waals surface area contributed by atoms with Gasteiger partial charge in [0.25, 0.3) is 0 Å². The van der Waals surface area contributed by atoms with Crippen LogP contribution in [0.4, 0.5) is 5.00 Å². The second-order valence-electron chi connectivity index (χ2n) is 14.0. The second-order valence-corrected chi connectivity index (χ2v) is 16.0. The molecule has 0 radical (unpaired) electrons. The lowest BCUT2D eigenvalue weighted by molar-refractivity contribution is -0.533. The first kappa shape index (κ1) is 33.0. The van der Waals surface area contributed by atoms with Gasteiger partial charge >= 0.3 is 0 Å². The molecular weight excluding hydrogens is 677 g/mol. The molecule has 2 fully saturated rings. The Kier molecular flexibility index (Phi) is 9.03. The Bertz CT molecular complexity index is 2270. The number of anilines is 1. The van der Waals surface area contributed by atoms with Crippen LogP contribution in [0.5, 0.6) is 0 Å². The number of thiophene rings is 1. The molecule has 4 nitrogen and oxygen atoms in total. The third-order valence-corrected chi connectivity index (χ3v) is 13.2. The average Bonchev–Trinajstić information content (AvgIpc) is 3.80. The number of hydrogen-bond donors (Lipinski definition) is 1. The van der Waals surface area contributed by atoms with E-state index in [0.29, 0.717) is 11.1 Å². The van der Waals surface area contributed by atoms with Crippen LogP contribution in [0.25, 0.3) is 39.0 Å². The maximum atomic E-state index is 14.9. The van der Waals surface area contributed by atoms with E-state index in [-0.39, 0.29) is 11.5 Å². The van der Waals surface area contributed by atoms with E-state index < -0.39 is 0 Å². The maximum Gasteiger partial charge on any atom is 0.248 e. The largest absolute Gasteiger partial charge is 0.506 e. The molecule has 0 saturated carbocycles. The number of aliphatic hydroxyl groups excluding tert-OH is 1. The molecule has 2 saturated heterocycles. The highest BCUT2D eigenvalue weighted by Gasteiger charge is 2.46. The van der Waals surface area contributed by atoms with E-state index >= 15 is 0 Å². The number of ketones is 1. The molecule has 4 aliphatic rings. The number of hydrogen-bond acceptors (Lipinski definition) is 5. The standard InChI is InChI=1S/C46H40N2O2S2/c49-41-39(43-35(31-19-7-1-8-20-31)37(33-23-11-3-12-24-33)45(51-43)47-27-15-5-16-28-47)42(50)40(41)44-36(32-21-9-2-10-22-32)38(34-25-13-4-14-26-34)46(52-44)48-29-17-6-18-30-48/h1-4,7-14,19-26H,5-6,15-18,27-30H2/p+1. The molecule has 9 rings (SSSR count). The molecule has 0 amide bonds. The molecule has 258 valence electrons. The van der Waals surface area contributed by atoms with Gasteiger partial charge < -0.3 is 10.0 Å². The van der Waals surface area contributed by atoms with Crippen LogP contribution >= 0.6 is 23.1 Å². The molecule has 5 aromatic rings. The van der Waals surface area contributed by atoms with Gasteiger partial charge in [-0.3, -0.25) is 4.79 Å². The summed E-state index contributed by atoms with van der Waals surface area (Å²) in [7, 11) is 0. The quantitative estimate of drug-likeness (QED) is 0.140. The highest BCUT2D eigenvalue weighted by Crippen LogP contribution is 2.57. The smallest absolute Gasteiger partial charge is 0.248 e. The molecule has 0 atom stereocenters. The van der Waals surface area contributed by atoms with Gasteiger partial charge in [0.1, 0.15) is 23.8 Å². The number of Topliss-reactive ketones (excluding diaryl/α,β-unsaturated/α-hetero) is 1. The number of allylic oxidation sites excluding steroid dienone is 3.